The molecule has 1 heterocycles. The minimum absolute atomic E-state index is 0.0969. The van der Waals surface area contributed by atoms with Crippen molar-refractivity contribution >= 4 is 17.2 Å². The van der Waals surface area contributed by atoms with Crippen LogP contribution in [0.2, 0.25) is 0 Å². The zero-order valence-corrected chi connectivity index (χ0v) is 12.7. The SMILES string of the molecule is CN(C)C(=O)CNC(Cc1ccccc1)c1cccs1. The van der Waals surface area contributed by atoms with Crippen molar-refractivity contribution < 1.29 is 4.79 Å². The van der Waals surface area contributed by atoms with E-state index in [9.17, 15) is 4.79 Å². The van der Waals surface area contributed by atoms with Crippen LogP contribution in [-0.2, 0) is 11.2 Å². The van der Waals surface area contributed by atoms with Crippen LogP contribution in [-0.4, -0.2) is 31.4 Å². The molecule has 0 radical (unpaired) electrons. The monoisotopic (exact) mass is 288 g/mol. The largest absolute Gasteiger partial charge is 0.348 e. The number of carbonyl (C=O) groups is 1. The number of benzene rings is 1. The van der Waals surface area contributed by atoms with Gasteiger partial charge >= 0.3 is 0 Å². The number of likely N-dealkylation sites (N-methyl/N-ethyl adjacent to an activating group) is 1. The van der Waals surface area contributed by atoms with Crippen LogP contribution in [0.3, 0.4) is 0 Å². The van der Waals surface area contributed by atoms with E-state index in [1.807, 2.05) is 24.3 Å². The summed E-state index contributed by atoms with van der Waals surface area (Å²) in [7, 11) is 3.56. The van der Waals surface area contributed by atoms with Crippen LogP contribution in [0.15, 0.2) is 47.8 Å². The summed E-state index contributed by atoms with van der Waals surface area (Å²) < 4.78 is 0. The molecule has 0 fully saturated rings. The quantitative estimate of drug-likeness (QED) is 0.886. The normalized spacial score (nSPS) is 12.1. The first-order valence-electron chi connectivity index (χ1n) is 6.67. The van der Waals surface area contributed by atoms with E-state index in [-0.39, 0.29) is 11.9 Å². The van der Waals surface area contributed by atoms with Gasteiger partial charge in [0.1, 0.15) is 0 Å². The maximum Gasteiger partial charge on any atom is 0.236 e. The average molecular weight is 288 g/mol. The van der Waals surface area contributed by atoms with Crippen molar-refractivity contribution in [2.75, 3.05) is 20.6 Å². The Bertz CT molecular complexity index is 523. The molecule has 1 atom stereocenters. The van der Waals surface area contributed by atoms with Crippen molar-refractivity contribution in [2.24, 2.45) is 0 Å². The van der Waals surface area contributed by atoms with Crippen molar-refractivity contribution in [1.29, 1.82) is 0 Å². The molecule has 106 valence electrons. The molecule has 0 saturated carbocycles. The Labute approximate surface area is 124 Å². The van der Waals surface area contributed by atoms with Crippen LogP contribution in [0.5, 0.6) is 0 Å². The van der Waals surface area contributed by atoms with Gasteiger partial charge in [-0.05, 0) is 23.4 Å². The number of hydrogen-bond acceptors (Lipinski definition) is 3. The summed E-state index contributed by atoms with van der Waals surface area (Å²) in [4.78, 5) is 14.6. The van der Waals surface area contributed by atoms with Crippen molar-refractivity contribution in [3.8, 4) is 0 Å². The first-order chi connectivity index (χ1) is 9.66. The standard InChI is InChI=1S/C16H20N2OS/c1-18(2)16(19)12-17-14(15-9-6-10-20-15)11-13-7-4-3-5-8-13/h3-10,14,17H,11-12H2,1-2H3. The molecular weight excluding hydrogens is 268 g/mol. The molecule has 0 bridgehead atoms. The molecule has 4 heteroatoms. The van der Waals surface area contributed by atoms with E-state index in [2.05, 4.69) is 28.9 Å². The van der Waals surface area contributed by atoms with Crippen LogP contribution in [0.1, 0.15) is 16.5 Å². The molecule has 0 saturated heterocycles. The zero-order valence-electron chi connectivity index (χ0n) is 11.9. The third kappa shape index (κ3) is 4.18. The summed E-state index contributed by atoms with van der Waals surface area (Å²) in [5.74, 6) is 0.0969. The van der Waals surface area contributed by atoms with Crippen LogP contribution >= 0.6 is 11.3 Å². The number of nitrogens with zero attached hydrogens (tertiary/aromatic N) is 1. The molecule has 0 aliphatic heterocycles. The van der Waals surface area contributed by atoms with E-state index in [0.29, 0.717) is 6.54 Å². The molecule has 1 aromatic heterocycles. The minimum Gasteiger partial charge on any atom is -0.348 e. The minimum atomic E-state index is 0.0969. The van der Waals surface area contributed by atoms with Gasteiger partial charge in [-0.15, -0.1) is 11.3 Å². The predicted molar refractivity (Wildman–Crippen MR) is 83.9 cm³/mol. The lowest BCUT2D eigenvalue weighted by molar-refractivity contribution is -0.127. The van der Waals surface area contributed by atoms with E-state index in [1.165, 1.54) is 10.4 Å². The van der Waals surface area contributed by atoms with Gasteiger partial charge in [-0.25, -0.2) is 0 Å². The fourth-order valence-electron chi connectivity index (χ4n) is 1.98. The summed E-state index contributed by atoms with van der Waals surface area (Å²) >= 11 is 1.72. The molecule has 20 heavy (non-hydrogen) atoms. The summed E-state index contributed by atoms with van der Waals surface area (Å²) in [5, 5.41) is 5.44. The third-order valence-corrected chi connectivity index (χ3v) is 4.15. The molecule has 2 rings (SSSR count). The van der Waals surface area contributed by atoms with Crippen molar-refractivity contribution in [3.63, 3.8) is 0 Å². The van der Waals surface area contributed by atoms with E-state index in [0.717, 1.165) is 6.42 Å². The number of hydrogen-bond donors (Lipinski definition) is 1. The lowest BCUT2D eigenvalue weighted by Gasteiger charge is -2.19. The molecule has 1 amide bonds. The summed E-state index contributed by atoms with van der Waals surface area (Å²) in [5.41, 5.74) is 1.27. The van der Waals surface area contributed by atoms with Gasteiger partial charge in [0.25, 0.3) is 0 Å². The molecule has 0 spiro atoms. The van der Waals surface area contributed by atoms with Gasteiger partial charge in [0.15, 0.2) is 0 Å². The molecule has 2 aromatic rings. The number of amides is 1. The fourth-order valence-corrected chi connectivity index (χ4v) is 2.78. The number of nitrogens with one attached hydrogen (secondary N) is 1. The second-order valence-corrected chi connectivity index (χ2v) is 5.91. The Kier molecular flexibility index (Phi) is 5.32. The van der Waals surface area contributed by atoms with Crippen LogP contribution < -0.4 is 5.32 Å². The van der Waals surface area contributed by atoms with Crippen LogP contribution in [0, 0.1) is 0 Å². The van der Waals surface area contributed by atoms with E-state index in [1.54, 1.807) is 30.3 Å². The van der Waals surface area contributed by atoms with Gasteiger partial charge in [0, 0.05) is 25.0 Å². The number of thiophene rings is 1. The second-order valence-electron chi connectivity index (χ2n) is 4.93. The third-order valence-electron chi connectivity index (χ3n) is 3.17. The van der Waals surface area contributed by atoms with Crippen LogP contribution in [0.4, 0.5) is 0 Å². The Hall–Kier alpha value is -1.65. The highest BCUT2D eigenvalue weighted by molar-refractivity contribution is 7.10. The zero-order chi connectivity index (χ0) is 14.4. The topological polar surface area (TPSA) is 32.3 Å². The Morgan fingerprint density at radius 2 is 1.95 bits per heavy atom. The van der Waals surface area contributed by atoms with Gasteiger partial charge in [-0.2, -0.15) is 0 Å². The van der Waals surface area contributed by atoms with Gasteiger partial charge in [0.2, 0.25) is 5.91 Å². The number of rotatable bonds is 6. The second kappa shape index (κ2) is 7.22. The Morgan fingerprint density at radius 1 is 1.20 bits per heavy atom. The first-order valence-corrected chi connectivity index (χ1v) is 7.55. The Morgan fingerprint density at radius 3 is 2.55 bits per heavy atom. The predicted octanol–water partition coefficient (Wildman–Crippen LogP) is 2.71. The molecule has 0 aliphatic rings. The maximum absolute atomic E-state index is 11.7. The van der Waals surface area contributed by atoms with Gasteiger partial charge in [-0.1, -0.05) is 36.4 Å². The molecule has 1 aromatic carbocycles. The Balaban J connectivity index is 2.04. The highest BCUT2D eigenvalue weighted by Gasteiger charge is 2.15. The molecule has 0 aliphatic carbocycles. The first kappa shape index (κ1) is 14.8. The smallest absolute Gasteiger partial charge is 0.236 e. The summed E-state index contributed by atoms with van der Waals surface area (Å²) in [6.07, 6.45) is 0.891. The van der Waals surface area contributed by atoms with Gasteiger partial charge in [-0.3, -0.25) is 4.79 Å². The van der Waals surface area contributed by atoms with E-state index in [4.69, 9.17) is 0 Å². The van der Waals surface area contributed by atoms with Crippen molar-refractivity contribution in [1.82, 2.24) is 10.2 Å². The lowest BCUT2D eigenvalue weighted by Crippen LogP contribution is -2.35. The molecule has 3 nitrogen and oxygen atoms in total. The van der Waals surface area contributed by atoms with Gasteiger partial charge in [0.05, 0.1) is 6.54 Å². The van der Waals surface area contributed by atoms with E-state index < -0.39 is 0 Å². The molecular formula is C16H20N2OS. The number of carbonyl (C=O) groups excluding carboxylic acids is 1. The lowest BCUT2D eigenvalue weighted by atomic mass is 10.0. The average Bonchev–Trinajstić information content (AvgIpc) is 2.98. The van der Waals surface area contributed by atoms with Gasteiger partial charge < -0.3 is 10.2 Å². The highest BCUT2D eigenvalue weighted by Crippen LogP contribution is 2.22. The molecule has 1 N–H and O–H groups in total. The van der Waals surface area contributed by atoms with Crippen molar-refractivity contribution in [2.45, 2.75) is 12.5 Å². The summed E-state index contributed by atoms with van der Waals surface area (Å²) in [6.45, 7) is 0.363. The highest BCUT2D eigenvalue weighted by atomic mass is 32.1. The molecule has 1 unspecified atom stereocenters. The van der Waals surface area contributed by atoms with Crippen LogP contribution in [0.25, 0.3) is 0 Å². The fraction of sp³-hybridized carbons (Fsp3) is 0.312. The maximum atomic E-state index is 11.7. The summed E-state index contributed by atoms with van der Waals surface area (Å²) in [6, 6.07) is 14.7. The van der Waals surface area contributed by atoms with Crippen molar-refractivity contribution in [3.05, 3.63) is 58.3 Å². The van der Waals surface area contributed by atoms with E-state index >= 15 is 0 Å².